The molecule has 1 atom stereocenters. The van der Waals surface area contributed by atoms with Crippen LogP contribution in [0.25, 0.3) is 10.8 Å². The van der Waals surface area contributed by atoms with E-state index in [1.165, 1.54) is 0 Å². The molecule has 2 aromatic carbocycles. The Bertz CT molecular complexity index is 719. The van der Waals surface area contributed by atoms with Gasteiger partial charge in [-0.15, -0.1) is 0 Å². The fourth-order valence-electron chi connectivity index (χ4n) is 2.35. The topological polar surface area (TPSA) is 33.1 Å². The van der Waals surface area contributed by atoms with Gasteiger partial charge in [0.1, 0.15) is 6.10 Å². The molecule has 3 heteroatoms. The number of rotatable bonds is 3. The van der Waals surface area contributed by atoms with Crippen LogP contribution in [0.3, 0.4) is 0 Å². The first-order chi connectivity index (χ1) is 9.74. The van der Waals surface area contributed by atoms with Gasteiger partial charge >= 0.3 is 0 Å². The van der Waals surface area contributed by atoms with E-state index in [1.807, 2.05) is 54.6 Å². The number of nitrogens with zero attached hydrogens (tertiary/aromatic N) is 1. The van der Waals surface area contributed by atoms with E-state index in [2.05, 4.69) is 20.9 Å². The van der Waals surface area contributed by atoms with Gasteiger partial charge in [0.2, 0.25) is 0 Å². The highest BCUT2D eigenvalue weighted by Crippen LogP contribution is 2.25. The SMILES string of the molecule is OC(Cc1ccc(Br)cc1)c1nccc2ccccc12. The molecule has 0 saturated carbocycles. The lowest BCUT2D eigenvalue weighted by atomic mass is 10.0. The van der Waals surface area contributed by atoms with E-state index in [9.17, 15) is 5.11 Å². The summed E-state index contributed by atoms with van der Waals surface area (Å²) in [5, 5.41) is 12.6. The largest absolute Gasteiger partial charge is 0.386 e. The molecule has 0 bridgehead atoms. The Balaban J connectivity index is 1.92. The molecule has 1 aromatic heterocycles. The average molecular weight is 328 g/mol. The molecule has 20 heavy (non-hydrogen) atoms. The van der Waals surface area contributed by atoms with Crippen LogP contribution in [-0.4, -0.2) is 10.1 Å². The molecule has 0 radical (unpaired) electrons. The van der Waals surface area contributed by atoms with Gasteiger partial charge in [-0.1, -0.05) is 52.3 Å². The summed E-state index contributed by atoms with van der Waals surface area (Å²) < 4.78 is 1.04. The minimum atomic E-state index is -0.595. The van der Waals surface area contributed by atoms with Crippen LogP contribution in [-0.2, 0) is 6.42 Å². The summed E-state index contributed by atoms with van der Waals surface area (Å²) in [7, 11) is 0. The molecule has 3 rings (SSSR count). The van der Waals surface area contributed by atoms with Gasteiger partial charge in [0, 0.05) is 22.5 Å². The van der Waals surface area contributed by atoms with Crippen LogP contribution in [0.5, 0.6) is 0 Å². The fraction of sp³-hybridized carbons (Fsp3) is 0.118. The zero-order valence-electron chi connectivity index (χ0n) is 10.8. The lowest BCUT2D eigenvalue weighted by Crippen LogP contribution is -2.04. The second-order valence-electron chi connectivity index (χ2n) is 4.76. The third-order valence-corrected chi connectivity index (χ3v) is 3.89. The van der Waals surface area contributed by atoms with Gasteiger partial charge in [-0.25, -0.2) is 0 Å². The minimum absolute atomic E-state index is 0.564. The van der Waals surface area contributed by atoms with Crippen molar-refractivity contribution >= 4 is 26.7 Å². The maximum atomic E-state index is 10.5. The van der Waals surface area contributed by atoms with Crippen LogP contribution < -0.4 is 0 Å². The van der Waals surface area contributed by atoms with Gasteiger partial charge in [-0.05, 0) is 29.1 Å². The van der Waals surface area contributed by atoms with Gasteiger partial charge in [-0.2, -0.15) is 0 Å². The fourth-order valence-corrected chi connectivity index (χ4v) is 2.61. The van der Waals surface area contributed by atoms with Crippen molar-refractivity contribution in [3.63, 3.8) is 0 Å². The molecular formula is C17H14BrNO. The molecule has 0 amide bonds. The molecule has 2 nitrogen and oxygen atoms in total. The van der Waals surface area contributed by atoms with Crippen molar-refractivity contribution in [3.8, 4) is 0 Å². The number of aromatic nitrogens is 1. The maximum absolute atomic E-state index is 10.5. The zero-order chi connectivity index (χ0) is 13.9. The highest BCUT2D eigenvalue weighted by atomic mass is 79.9. The predicted octanol–water partition coefficient (Wildman–Crippen LogP) is 4.27. The highest BCUT2D eigenvalue weighted by molar-refractivity contribution is 9.10. The second-order valence-corrected chi connectivity index (χ2v) is 5.68. The third-order valence-electron chi connectivity index (χ3n) is 3.36. The first kappa shape index (κ1) is 13.3. The van der Waals surface area contributed by atoms with E-state index in [-0.39, 0.29) is 0 Å². The summed E-state index contributed by atoms with van der Waals surface area (Å²) in [4.78, 5) is 4.36. The number of aliphatic hydroxyl groups excluding tert-OH is 1. The van der Waals surface area contributed by atoms with E-state index < -0.39 is 6.10 Å². The maximum Gasteiger partial charge on any atom is 0.101 e. The van der Waals surface area contributed by atoms with Gasteiger partial charge in [-0.3, -0.25) is 4.98 Å². The van der Waals surface area contributed by atoms with Crippen LogP contribution in [0.15, 0.2) is 65.3 Å². The molecule has 1 unspecified atom stereocenters. The monoisotopic (exact) mass is 327 g/mol. The Labute approximate surface area is 126 Å². The van der Waals surface area contributed by atoms with Crippen molar-refractivity contribution in [1.82, 2.24) is 4.98 Å². The first-order valence-electron chi connectivity index (χ1n) is 6.50. The summed E-state index contributed by atoms with van der Waals surface area (Å²) in [6.45, 7) is 0. The molecule has 0 aliphatic rings. The van der Waals surface area contributed by atoms with E-state index in [0.717, 1.165) is 26.5 Å². The van der Waals surface area contributed by atoms with Crippen molar-refractivity contribution < 1.29 is 5.11 Å². The Morgan fingerprint density at radius 2 is 1.75 bits per heavy atom. The van der Waals surface area contributed by atoms with E-state index >= 15 is 0 Å². The molecule has 0 aliphatic heterocycles. The summed E-state index contributed by atoms with van der Waals surface area (Å²) >= 11 is 3.41. The molecule has 100 valence electrons. The summed E-state index contributed by atoms with van der Waals surface area (Å²) in [6.07, 6.45) is 1.72. The van der Waals surface area contributed by atoms with E-state index in [0.29, 0.717) is 6.42 Å². The average Bonchev–Trinajstić information content (AvgIpc) is 2.49. The van der Waals surface area contributed by atoms with Crippen LogP contribution in [0.1, 0.15) is 17.4 Å². The Hall–Kier alpha value is -1.71. The van der Waals surface area contributed by atoms with Crippen molar-refractivity contribution in [2.24, 2.45) is 0 Å². The number of hydrogen-bond acceptors (Lipinski definition) is 2. The van der Waals surface area contributed by atoms with Crippen molar-refractivity contribution in [2.75, 3.05) is 0 Å². The smallest absolute Gasteiger partial charge is 0.101 e. The molecule has 0 spiro atoms. The van der Waals surface area contributed by atoms with Gasteiger partial charge < -0.3 is 5.11 Å². The Kier molecular flexibility index (Phi) is 3.81. The molecule has 0 aliphatic carbocycles. The number of benzene rings is 2. The number of hydrogen-bond donors (Lipinski definition) is 1. The first-order valence-corrected chi connectivity index (χ1v) is 7.29. The van der Waals surface area contributed by atoms with Crippen molar-refractivity contribution in [3.05, 3.63) is 76.5 Å². The summed E-state index contributed by atoms with van der Waals surface area (Å²) in [6, 6.07) is 18.0. The zero-order valence-corrected chi connectivity index (χ0v) is 12.4. The minimum Gasteiger partial charge on any atom is -0.386 e. The second kappa shape index (κ2) is 5.73. The lowest BCUT2D eigenvalue weighted by molar-refractivity contribution is 0.175. The summed E-state index contributed by atoms with van der Waals surface area (Å²) in [5.41, 5.74) is 1.83. The molecule has 1 N–H and O–H groups in total. The van der Waals surface area contributed by atoms with Crippen LogP contribution in [0.2, 0.25) is 0 Å². The van der Waals surface area contributed by atoms with Crippen molar-refractivity contribution in [2.45, 2.75) is 12.5 Å². The molecular weight excluding hydrogens is 314 g/mol. The van der Waals surface area contributed by atoms with Gasteiger partial charge in [0.25, 0.3) is 0 Å². The Morgan fingerprint density at radius 1 is 1.00 bits per heavy atom. The normalized spacial score (nSPS) is 12.5. The van der Waals surface area contributed by atoms with E-state index in [4.69, 9.17) is 0 Å². The number of aliphatic hydroxyl groups is 1. The van der Waals surface area contributed by atoms with Gasteiger partial charge in [0.15, 0.2) is 0 Å². The molecule has 0 saturated heterocycles. The predicted molar refractivity (Wildman–Crippen MR) is 84.5 cm³/mol. The third kappa shape index (κ3) is 2.74. The van der Waals surface area contributed by atoms with Crippen LogP contribution in [0.4, 0.5) is 0 Å². The van der Waals surface area contributed by atoms with Crippen LogP contribution >= 0.6 is 15.9 Å². The van der Waals surface area contributed by atoms with Crippen LogP contribution in [0, 0.1) is 0 Å². The molecule has 3 aromatic rings. The number of halogens is 1. The highest BCUT2D eigenvalue weighted by Gasteiger charge is 2.13. The number of fused-ring (bicyclic) bond motifs is 1. The van der Waals surface area contributed by atoms with Gasteiger partial charge in [0.05, 0.1) is 5.69 Å². The molecule has 0 fully saturated rings. The molecule has 1 heterocycles. The standard InChI is InChI=1S/C17H14BrNO/c18-14-7-5-12(6-8-14)11-16(20)17-15-4-2-1-3-13(15)9-10-19-17/h1-10,16,20H,11H2. The lowest BCUT2D eigenvalue weighted by Gasteiger charge is -2.13. The summed E-state index contributed by atoms with van der Waals surface area (Å²) in [5.74, 6) is 0. The Morgan fingerprint density at radius 3 is 2.55 bits per heavy atom. The van der Waals surface area contributed by atoms with E-state index in [1.54, 1.807) is 6.20 Å². The van der Waals surface area contributed by atoms with Crippen molar-refractivity contribution in [1.29, 1.82) is 0 Å². The quantitative estimate of drug-likeness (QED) is 0.779. The number of pyridine rings is 1.